The molecule has 0 radical (unpaired) electrons. The third kappa shape index (κ3) is 2.07. The Bertz CT molecular complexity index is 585. The first-order valence-corrected chi connectivity index (χ1v) is 6.59. The molecule has 1 fully saturated rings. The van der Waals surface area contributed by atoms with E-state index in [2.05, 4.69) is 22.3 Å². The SMILES string of the molecule is CC(=O)Cc1nc(C2(c3ccccc3)CCC2)no1. The number of hydrogen-bond donors (Lipinski definition) is 0. The highest BCUT2D eigenvalue weighted by atomic mass is 16.5. The number of benzene rings is 1. The van der Waals surface area contributed by atoms with Crippen LogP contribution in [0.2, 0.25) is 0 Å². The average molecular weight is 256 g/mol. The summed E-state index contributed by atoms with van der Waals surface area (Å²) < 4.78 is 5.20. The molecule has 2 aromatic rings. The number of nitrogens with zero attached hydrogens (tertiary/aromatic N) is 2. The molecule has 1 aliphatic carbocycles. The molecule has 98 valence electrons. The van der Waals surface area contributed by atoms with Crippen molar-refractivity contribution in [2.24, 2.45) is 0 Å². The van der Waals surface area contributed by atoms with Crippen LogP contribution < -0.4 is 0 Å². The Morgan fingerprint density at radius 2 is 2.05 bits per heavy atom. The van der Waals surface area contributed by atoms with Crippen LogP contribution in [-0.2, 0) is 16.6 Å². The summed E-state index contributed by atoms with van der Waals surface area (Å²) in [5, 5.41) is 4.10. The van der Waals surface area contributed by atoms with Crippen molar-refractivity contribution >= 4 is 5.78 Å². The standard InChI is InChI=1S/C15H16N2O2/c1-11(18)10-13-16-14(17-19-13)15(8-5-9-15)12-6-3-2-4-7-12/h2-4,6-7H,5,8-10H2,1H3. The van der Waals surface area contributed by atoms with Crippen LogP contribution in [0.5, 0.6) is 0 Å². The van der Waals surface area contributed by atoms with Crippen LogP contribution in [0.15, 0.2) is 34.9 Å². The maximum Gasteiger partial charge on any atom is 0.234 e. The van der Waals surface area contributed by atoms with Crippen molar-refractivity contribution in [3.63, 3.8) is 0 Å². The molecule has 1 aromatic carbocycles. The van der Waals surface area contributed by atoms with E-state index < -0.39 is 0 Å². The molecule has 0 N–H and O–H groups in total. The maximum absolute atomic E-state index is 11.1. The molecule has 0 saturated heterocycles. The van der Waals surface area contributed by atoms with Gasteiger partial charge in [0.1, 0.15) is 5.78 Å². The van der Waals surface area contributed by atoms with Crippen LogP contribution in [0.25, 0.3) is 0 Å². The van der Waals surface area contributed by atoms with E-state index in [1.54, 1.807) is 0 Å². The molecule has 19 heavy (non-hydrogen) atoms. The van der Waals surface area contributed by atoms with E-state index in [1.807, 2.05) is 18.2 Å². The third-order valence-corrected chi connectivity index (χ3v) is 3.83. The first-order valence-electron chi connectivity index (χ1n) is 6.59. The van der Waals surface area contributed by atoms with Gasteiger partial charge in [0.25, 0.3) is 0 Å². The van der Waals surface area contributed by atoms with Crippen molar-refractivity contribution in [1.29, 1.82) is 0 Å². The predicted octanol–water partition coefficient (Wildman–Crippen LogP) is 2.67. The van der Waals surface area contributed by atoms with Crippen molar-refractivity contribution < 1.29 is 9.32 Å². The van der Waals surface area contributed by atoms with Crippen molar-refractivity contribution in [2.45, 2.75) is 38.0 Å². The number of rotatable bonds is 4. The molecule has 0 unspecified atom stereocenters. The van der Waals surface area contributed by atoms with Gasteiger partial charge in [-0.2, -0.15) is 4.98 Å². The number of ketones is 1. The van der Waals surface area contributed by atoms with Gasteiger partial charge in [-0.3, -0.25) is 4.79 Å². The molecule has 0 atom stereocenters. The molecule has 4 heteroatoms. The molecule has 3 rings (SSSR count). The van der Waals surface area contributed by atoms with Gasteiger partial charge in [-0.1, -0.05) is 41.9 Å². The van der Waals surface area contributed by atoms with Crippen molar-refractivity contribution in [2.75, 3.05) is 0 Å². The zero-order valence-corrected chi connectivity index (χ0v) is 10.9. The van der Waals surface area contributed by atoms with Crippen molar-refractivity contribution in [3.05, 3.63) is 47.6 Å². The molecule has 0 spiro atoms. The monoisotopic (exact) mass is 256 g/mol. The normalized spacial score (nSPS) is 16.9. The summed E-state index contributed by atoms with van der Waals surface area (Å²) in [6.07, 6.45) is 3.47. The van der Waals surface area contributed by atoms with Crippen LogP contribution in [0.3, 0.4) is 0 Å². The molecule has 0 aliphatic heterocycles. The zero-order chi connectivity index (χ0) is 13.3. The fourth-order valence-electron chi connectivity index (χ4n) is 2.66. The Kier molecular flexibility index (Phi) is 2.93. The van der Waals surface area contributed by atoms with Gasteiger partial charge < -0.3 is 4.52 Å². The lowest BCUT2D eigenvalue weighted by Crippen LogP contribution is -2.36. The Balaban J connectivity index is 1.94. The van der Waals surface area contributed by atoms with Gasteiger partial charge >= 0.3 is 0 Å². The Hall–Kier alpha value is -1.97. The number of hydrogen-bond acceptors (Lipinski definition) is 4. The summed E-state index contributed by atoms with van der Waals surface area (Å²) in [4.78, 5) is 15.5. The molecule has 4 nitrogen and oxygen atoms in total. The second-order valence-electron chi connectivity index (χ2n) is 5.19. The lowest BCUT2D eigenvalue weighted by molar-refractivity contribution is -0.116. The van der Waals surface area contributed by atoms with Gasteiger partial charge in [0.15, 0.2) is 5.82 Å². The molecule has 1 saturated carbocycles. The van der Waals surface area contributed by atoms with Crippen LogP contribution in [-0.4, -0.2) is 15.9 Å². The van der Waals surface area contributed by atoms with Crippen molar-refractivity contribution in [1.82, 2.24) is 10.1 Å². The topological polar surface area (TPSA) is 56.0 Å². The summed E-state index contributed by atoms with van der Waals surface area (Å²) in [5.74, 6) is 1.18. The fraction of sp³-hybridized carbons (Fsp3) is 0.400. The van der Waals surface area contributed by atoms with Gasteiger partial charge in [0, 0.05) is 0 Å². The number of aromatic nitrogens is 2. The van der Waals surface area contributed by atoms with E-state index in [1.165, 1.54) is 18.9 Å². The summed E-state index contributed by atoms with van der Waals surface area (Å²) in [5.41, 5.74) is 1.12. The van der Waals surface area contributed by atoms with E-state index in [0.29, 0.717) is 5.89 Å². The largest absolute Gasteiger partial charge is 0.339 e. The maximum atomic E-state index is 11.1. The summed E-state index contributed by atoms with van der Waals surface area (Å²) >= 11 is 0. The smallest absolute Gasteiger partial charge is 0.234 e. The van der Waals surface area contributed by atoms with E-state index in [4.69, 9.17) is 4.52 Å². The second-order valence-corrected chi connectivity index (χ2v) is 5.19. The highest BCUT2D eigenvalue weighted by molar-refractivity contribution is 5.77. The van der Waals surface area contributed by atoms with Crippen LogP contribution >= 0.6 is 0 Å². The quantitative estimate of drug-likeness (QED) is 0.844. The minimum absolute atomic E-state index is 0.0394. The first-order chi connectivity index (χ1) is 9.21. The van der Waals surface area contributed by atoms with Crippen molar-refractivity contribution in [3.8, 4) is 0 Å². The van der Waals surface area contributed by atoms with E-state index >= 15 is 0 Å². The minimum Gasteiger partial charge on any atom is -0.339 e. The zero-order valence-electron chi connectivity index (χ0n) is 10.9. The van der Waals surface area contributed by atoms with Crippen LogP contribution in [0.1, 0.15) is 43.5 Å². The minimum atomic E-state index is -0.111. The molecule has 1 heterocycles. The van der Waals surface area contributed by atoms with Gasteiger partial charge in [0.05, 0.1) is 11.8 Å². The number of carbonyl (C=O) groups is 1. The fourth-order valence-corrected chi connectivity index (χ4v) is 2.66. The summed E-state index contributed by atoms with van der Waals surface area (Å²) in [7, 11) is 0. The predicted molar refractivity (Wildman–Crippen MR) is 69.8 cm³/mol. The second kappa shape index (κ2) is 4.61. The number of carbonyl (C=O) groups excluding carboxylic acids is 1. The summed E-state index contributed by atoms with van der Waals surface area (Å²) in [6, 6.07) is 10.3. The lowest BCUT2D eigenvalue weighted by Gasteiger charge is -2.39. The van der Waals surface area contributed by atoms with Crippen LogP contribution in [0, 0.1) is 0 Å². The Labute approximate surface area is 111 Å². The average Bonchev–Trinajstić information content (AvgIpc) is 2.77. The third-order valence-electron chi connectivity index (χ3n) is 3.83. The Morgan fingerprint density at radius 3 is 2.63 bits per heavy atom. The Morgan fingerprint density at radius 1 is 1.32 bits per heavy atom. The van der Waals surface area contributed by atoms with Gasteiger partial charge in [-0.25, -0.2) is 0 Å². The van der Waals surface area contributed by atoms with E-state index in [9.17, 15) is 4.79 Å². The van der Waals surface area contributed by atoms with E-state index in [-0.39, 0.29) is 17.6 Å². The molecular formula is C15H16N2O2. The molecule has 0 amide bonds. The molecular weight excluding hydrogens is 240 g/mol. The van der Waals surface area contributed by atoms with Crippen LogP contribution in [0.4, 0.5) is 0 Å². The molecule has 0 bridgehead atoms. The summed E-state index contributed by atoms with van der Waals surface area (Å²) in [6.45, 7) is 1.53. The number of Topliss-reactive ketones (excluding diaryl/α,β-unsaturated/α-hetero) is 1. The molecule has 1 aliphatic rings. The highest BCUT2D eigenvalue weighted by Gasteiger charge is 2.44. The van der Waals surface area contributed by atoms with Gasteiger partial charge in [0.2, 0.25) is 5.89 Å². The highest BCUT2D eigenvalue weighted by Crippen LogP contribution is 2.47. The first kappa shape index (κ1) is 12.1. The van der Waals surface area contributed by atoms with Gasteiger partial charge in [-0.15, -0.1) is 0 Å². The lowest BCUT2D eigenvalue weighted by atomic mass is 9.64. The van der Waals surface area contributed by atoms with Gasteiger partial charge in [-0.05, 0) is 25.3 Å². The van der Waals surface area contributed by atoms with E-state index in [0.717, 1.165) is 18.7 Å². The molecule has 1 aromatic heterocycles.